The third kappa shape index (κ3) is 5.06. The predicted molar refractivity (Wildman–Crippen MR) is 55.9 cm³/mol. The van der Waals surface area contributed by atoms with E-state index in [4.69, 9.17) is 4.74 Å². The Hall–Kier alpha value is -0.340. The van der Waals surface area contributed by atoms with E-state index in [2.05, 4.69) is 17.5 Å². The third-order valence-electron chi connectivity index (χ3n) is 2.40. The van der Waals surface area contributed by atoms with E-state index in [9.17, 15) is 0 Å². The smallest absolute Gasteiger partial charge is 0.0609 e. The molecule has 0 aromatic rings. The molecule has 1 saturated heterocycles. The van der Waals surface area contributed by atoms with Gasteiger partial charge in [0, 0.05) is 6.61 Å². The maximum absolute atomic E-state index is 5.62. The number of hydrogen-bond acceptors (Lipinski definition) is 2. The van der Waals surface area contributed by atoms with Gasteiger partial charge in [0.15, 0.2) is 0 Å². The zero-order valence-electron chi connectivity index (χ0n) is 8.59. The summed E-state index contributed by atoms with van der Waals surface area (Å²) in [7, 11) is 1.98. The Labute approximate surface area is 81.4 Å². The summed E-state index contributed by atoms with van der Waals surface area (Å²) in [6, 6.07) is 0. The van der Waals surface area contributed by atoms with Crippen LogP contribution in [0.4, 0.5) is 0 Å². The topological polar surface area (TPSA) is 21.3 Å². The third-order valence-corrected chi connectivity index (χ3v) is 2.40. The zero-order valence-corrected chi connectivity index (χ0v) is 8.59. The fourth-order valence-electron chi connectivity index (χ4n) is 1.59. The first kappa shape index (κ1) is 10.7. The maximum atomic E-state index is 5.62. The Kier molecular flexibility index (Phi) is 5.87. The molecule has 1 atom stereocenters. The van der Waals surface area contributed by atoms with Crippen molar-refractivity contribution < 1.29 is 4.74 Å². The van der Waals surface area contributed by atoms with Crippen molar-refractivity contribution in [3.63, 3.8) is 0 Å². The van der Waals surface area contributed by atoms with Gasteiger partial charge in [-0.15, -0.1) is 0 Å². The minimum atomic E-state index is 0.500. The summed E-state index contributed by atoms with van der Waals surface area (Å²) < 4.78 is 5.62. The Morgan fingerprint density at radius 3 is 3.00 bits per heavy atom. The highest BCUT2D eigenvalue weighted by Crippen LogP contribution is 2.15. The van der Waals surface area contributed by atoms with Gasteiger partial charge in [0.2, 0.25) is 0 Å². The molecule has 0 spiro atoms. The van der Waals surface area contributed by atoms with Crippen molar-refractivity contribution in [2.45, 2.75) is 38.2 Å². The van der Waals surface area contributed by atoms with Crippen LogP contribution in [0.15, 0.2) is 12.2 Å². The van der Waals surface area contributed by atoms with Crippen LogP contribution >= 0.6 is 0 Å². The standard InChI is InChI=1S/C11H21NO/c1-12-9-5-2-3-7-11-8-4-6-10-13-11/h2-3,11-12H,4-10H2,1H3/b3-2-. The molecule has 1 unspecified atom stereocenters. The monoisotopic (exact) mass is 183 g/mol. The van der Waals surface area contributed by atoms with E-state index < -0.39 is 0 Å². The van der Waals surface area contributed by atoms with E-state index in [1.54, 1.807) is 0 Å². The van der Waals surface area contributed by atoms with Gasteiger partial charge in [-0.1, -0.05) is 12.2 Å². The maximum Gasteiger partial charge on any atom is 0.0609 e. The minimum absolute atomic E-state index is 0.500. The van der Waals surface area contributed by atoms with Crippen LogP contribution in [0.25, 0.3) is 0 Å². The first-order valence-electron chi connectivity index (χ1n) is 5.34. The van der Waals surface area contributed by atoms with Crippen LogP contribution < -0.4 is 5.32 Å². The average molecular weight is 183 g/mol. The molecule has 1 fully saturated rings. The Morgan fingerprint density at radius 1 is 1.38 bits per heavy atom. The van der Waals surface area contributed by atoms with E-state index >= 15 is 0 Å². The molecule has 76 valence electrons. The summed E-state index contributed by atoms with van der Waals surface area (Å²) in [6.45, 7) is 2.04. The van der Waals surface area contributed by atoms with Crippen LogP contribution in [0, 0.1) is 0 Å². The number of hydrogen-bond donors (Lipinski definition) is 1. The lowest BCUT2D eigenvalue weighted by Gasteiger charge is -2.20. The summed E-state index contributed by atoms with van der Waals surface area (Å²) in [6.07, 6.45) is 11.1. The molecule has 1 rings (SSSR count). The van der Waals surface area contributed by atoms with Crippen LogP contribution in [0.3, 0.4) is 0 Å². The average Bonchev–Trinajstić information content (AvgIpc) is 2.19. The fraction of sp³-hybridized carbons (Fsp3) is 0.818. The van der Waals surface area contributed by atoms with Gasteiger partial charge in [-0.25, -0.2) is 0 Å². The van der Waals surface area contributed by atoms with E-state index in [0.29, 0.717) is 6.10 Å². The molecule has 0 amide bonds. The molecule has 1 N–H and O–H groups in total. The molecular formula is C11H21NO. The molecular weight excluding hydrogens is 162 g/mol. The lowest BCUT2D eigenvalue weighted by atomic mass is 10.1. The molecule has 0 saturated carbocycles. The molecule has 2 heteroatoms. The van der Waals surface area contributed by atoms with Gasteiger partial charge in [0.1, 0.15) is 0 Å². The molecule has 13 heavy (non-hydrogen) atoms. The van der Waals surface area contributed by atoms with E-state index in [1.807, 2.05) is 7.05 Å². The van der Waals surface area contributed by atoms with E-state index in [0.717, 1.165) is 26.0 Å². The second kappa shape index (κ2) is 7.10. The molecule has 1 heterocycles. The molecule has 2 nitrogen and oxygen atoms in total. The first-order valence-corrected chi connectivity index (χ1v) is 5.34. The van der Waals surface area contributed by atoms with Crippen molar-refractivity contribution in [2.24, 2.45) is 0 Å². The normalized spacial score (nSPS) is 23.9. The SMILES string of the molecule is CNCC/C=C\CC1CCCCO1. The van der Waals surface area contributed by atoms with Gasteiger partial charge in [0.25, 0.3) is 0 Å². The van der Waals surface area contributed by atoms with Crippen LogP contribution in [-0.4, -0.2) is 26.3 Å². The van der Waals surface area contributed by atoms with Crippen LogP contribution in [-0.2, 0) is 4.74 Å². The largest absolute Gasteiger partial charge is 0.378 e. The van der Waals surface area contributed by atoms with Crippen LogP contribution in [0.5, 0.6) is 0 Å². The van der Waals surface area contributed by atoms with E-state index in [1.165, 1.54) is 19.3 Å². The molecule has 0 bridgehead atoms. The zero-order chi connectivity index (χ0) is 9.36. The Morgan fingerprint density at radius 2 is 2.31 bits per heavy atom. The Balaban J connectivity index is 2.00. The van der Waals surface area contributed by atoms with Crippen molar-refractivity contribution in [2.75, 3.05) is 20.2 Å². The summed E-state index contributed by atoms with van der Waals surface area (Å²) in [5, 5.41) is 3.12. The van der Waals surface area contributed by atoms with Crippen molar-refractivity contribution in [1.29, 1.82) is 0 Å². The number of rotatable bonds is 5. The van der Waals surface area contributed by atoms with Gasteiger partial charge < -0.3 is 10.1 Å². The van der Waals surface area contributed by atoms with Crippen molar-refractivity contribution in [3.05, 3.63) is 12.2 Å². The Bertz CT molecular complexity index is 139. The van der Waals surface area contributed by atoms with Gasteiger partial charge >= 0.3 is 0 Å². The van der Waals surface area contributed by atoms with Crippen LogP contribution in [0.1, 0.15) is 32.1 Å². The molecule has 1 aliphatic rings. The summed E-state index contributed by atoms with van der Waals surface area (Å²) in [4.78, 5) is 0. The van der Waals surface area contributed by atoms with Crippen molar-refractivity contribution in [1.82, 2.24) is 5.32 Å². The lowest BCUT2D eigenvalue weighted by molar-refractivity contribution is 0.0184. The van der Waals surface area contributed by atoms with Gasteiger partial charge in [-0.2, -0.15) is 0 Å². The first-order chi connectivity index (χ1) is 6.43. The highest BCUT2D eigenvalue weighted by Gasteiger charge is 2.11. The van der Waals surface area contributed by atoms with Gasteiger partial charge in [-0.3, -0.25) is 0 Å². The number of nitrogens with one attached hydrogen (secondary N) is 1. The second-order valence-electron chi connectivity index (χ2n) is 3.59. The van der Waals surface area contributed by atoms with E-state index in [-0.39, 0.29) is 0 Å². The molecule has 0 aromatic carbocycles. The van der Waals surface area contributed by atoms with Crippen molar-refractivity contribution >= 4 is 0 Å². The summed E-state index contributed by atoms with van der Waals surface area (Å²) in [5.41, 5.74) is 0. The molecule has 1 aliphatic heterocycles. The van der Waals surface area contributed by atoms with Crippen molar-refractivity contribution in [3.8, 4) is 0 Å². The highest BCUT2D eigenvalue weighted by atomic mass is 16.5. The quantitative estimate of drug-likeness (QED) is 0.520. The lowest BCUT2D eigenvalue weighted by Crippen LogP contribution is -2.17. The van der Waals surface area contributed by atoms with Crippen LogP contribution in [0.2, 0.25) is 0 Å². The minimum Gasteiger partial charge on any atom is -0.378 e. The highest BCUT2D eigenvalue weighted by molar-refractivity contribution is 4.85. The molecule has 0 radical (unpaired) electrons. The predicted octanol–water partition coefficient (Wildman–Crippen LogP) is 2.11. The number of ether oxygens (including phenoxy) is 1. The molecule has 0 aliphatic carbocycles. The molecule has 0 aromatic heterocycles. The van der Waals surface area contributed by atoms with Gasteiger partial charge in [-0.05, 0) is 45.7 Å². The summed E-state index contributed by atoms with van der Waals surface area (Å²) >= 11 is 0. The second-order valence-corrected chi connectivity index (χ2v) is 3.59. The summed E-state index contributed by atoms with van der Waals surface area (Å²) in [5.74, 6) is 0. The van der Waals surface area contributed by atoms with Gasteiger partial charge in [0.05, 0.1) is 6.10 Å². The fourth-order valence-corrected chi connectivity index (χ4v) is 1.59.